The van der Waals surface area contributed by atoms with Crippen molar-refractivity contribution in [1.82, 2.24) is 10.1 Å². The van der Waals surface area contributed by atoms with E-state index in [9.17, 15) is 4.79 Å². The second kappa shape index (κ2) is 8.36. The van der Waals surface area contributed by atoms with Crippen molar-refractivity contribution >= 4 is 34.6 Å². The van der Waals surface area contributed by atoms with Crippen LogP contribution >= 0.6 is 22.9 Å². The molecule has 0 amide bonds. The highest BCUT2D eigenvalue weighted by atomic mass is 35.5. The fourth-order valence-electron chi connectivity index (χ4n) is 3.80. The van der Waals surface area contributed by atoms with Crippen molar-refractivity contribution in [1.29, 1.82) is 0 Å². The van der Waals surface area contributed by atoms with Gasteiger partial charge in [0.1, 0.15) is 11.5 Å². The Hall–Kier alpha value is -2.44. The molecule has 0 radical (unpaired) electrons. The minimum Gasteiger partial charge on any atom is -0.361 e. The molecule has 2 aliphatic heterocycles. The van der Waals surface area contributed by atoms with Crippen molar-refractivity contribution in [2.75, 3.05) is 26.2 Å². The lowest BCUT2D eigenvalue weighted by atomic mass is 10.0. The first-order chi connectivity index (χ1) is 14.7. The van der Waals surface area contributed by atoms with Gasteiger partial charge < -0.3 is 4.52 Å². The Balaban J connectivity index is 1.26. The second-order valence-corrected chi connectivity index (χ2v) is 9.50. The lowest BCUT2D eigenvalue weighted by Crippen LogP contribution is -2.49. The van der Waals surface area contributed by atoms with Gasteiger partial charge in [-0.3, -0.25) is 14.3 Å². The van der Waals surface area contributed by atoms with Crippen molar-refractivity contribution < 1.29 is 13.9 Å². The predicted molar refractivity (Wildman–Crippen MR) is 119 cm³/mol. The maximum Gasteiger partial charge on any atom is 0.279 e. The zero-order valence-electron chi connectivity index (χ0n) is 16.6. The first-order valence-electron chi connectivity index (χ1n) is 10.4. The average Bonchev–Trinajstić information content (AvgIpc) is 3.32. The van der Waals surface area contributed by atoms with E-state index in [2.05, 4.69) is 38.9 Å². The number of hydrogen-bond acceptors (Lipinski definition) is 4. The molecule has 4 heterocycles. The van der Waals surface area contributed by atoms with Gasteiger partial charge in [-0.05, 0) is 24.3 Å². The minimum absolute atomic E-state index is 0.0780. The molecule has 0 spiro atoms. The highest BCUT2D eigenvalue weighted by molar-refractivity contribution is 7.18. The van der Waals surface area contributed by atoms with E-state index < -0.39 is 0 Å². The molecule has 7 heteroatoms. The number of nitrogens with zero attached hydrogens (tertiary/aromatic N) is 3. The van der Waals surface area contributed by atoms with E-state index in [-0.39, 0.29) is 5.78 Å². The van der Waals surface area contributed by atoms with Crippen LogP contribution < -0.4 is 0 Å². The van der Waals surface area contributed by atoms with Gasteiger partial charge in [-0.25, -0.2) is 0 Å². The Morgan fingerprint density at radius 1 is 1.13 bits per heavy atom. The third-order valence-corrected chi connectivity index (χ3v) is 7.03. The van der Waals surface area contributed by atoms with Gasteiger partial charge in [-0.2, -0.15) is 0 Å². The lowest BCUT2D eigenvalue weighted by molar-refractivity contribution is -0.587. The standard InChI is InChI=1S/C23H23ClN3O2S/c24-22-10-9-21(30-22)20(28)8-7-18-15-19(25-29-18)16-3-5-17(6-4-16)23(26-11-1-12-26)27-13-2-14-27/h3-6,9-10,15H,1-2,7-8,11-14H2/q+1. The Morgan fingerprint density at radius 2 is 1.93 bits per heavy atom. The van der Waals surface area contributed by atoms with Crippen molar-refractivity contribution in [3.05, 3.63) is 63.0 Å². The number of likely N-dealkylation sites (tertiary alicyclic amines) is 1. The fraction of sp³-hybridized carbons (Fsp3) is 0.348. The molecule has 0 aliphatic carbocycles. The SMILES string of the molecule is O=C(CCc1cc(-c2ccc(C(N3CCC3)=[N+]3CCC3)cc2)no1)c1ccc(Cl)s1. The predicted octanol–water partition coefficient (Wildman–Crippen LogP) is 4.74. The topological polar surface area (TPSA) is 49.4 Å². The molecule has 0 bridgehead atoms. The zero-order chi connectivity index (χ0) is 20.5. The molecular weight excluding hydrogens is 418 g/mol. The van der Waals surface area contributed by atoms with Crippen molar-refractivity contribution in [3.8, 4) is 11.3 Å². The largest absolute Gasteiger partial charge is 0.361 e. The molecule has 2 aliphatic rings. The van der Waals surface area contributed by atoms with Crippen LogP contribution in [0.5, 0.6) is 0 Å². The molecule has 0 atom stereocenters. The summed E-state index contributed by atoms with van der Waals surface area (Å²) in [6.07, 6.45) is 3.47. The summed E-state index contributed by atoms with van der Waals surface area (Å²) in [5, 5.41) is 4.21. The number of halogens is 1. The van der Waals surface area contributed by atoms with Crippen LogP contribution in [0.2, 0.25) is 4.34 Å². The number of Topliss-reactive ketones (excluding diaryl/α,β-unsaturated/α-hetero) is 1. The van der Waals surface area contributed by atoms with Crippen LogP contribution in [0.25, 0.3) is 11.3 Å². The Bertz CT molecular complexity index is 1090. The van der Waals surface area contributed by atoms with Crippen LogP contribution in [-0.4, -0.2) is 52.4 Å². The first kappa shape index (κ1) is 19.5. The van der Waals surface area contributed by atoms with Crippen LogP contribution in [0.15, 0.2) is 47.0 Å². The third kappa shape index (κ3) is 3.94. The van der Waals surface area contributed by atoms with E-state index in [0.717, 1.165) is 43.2 Å². The van der Waals surface area contributed by atoms with Crippen molar-refractivity contribution in [2.24, 2.45) is 0 Å². The number of thiophene rings is 1. The van der Waals surface area contributed by atoms with Crippen LogP contribution in [0.4, 0.5) is 0 Å². The summed E-state index contributed by atoms with van der Waals surface area (Å²) in [6.45, 7) is 4.60. The molecule has 2 saturated heterocycles. The highest BCUT2D eigenvalue weighted by Gasteiger charge is 2.32. The smallest absolute Gasteiger partial charge is 0.279 e. The number of benzene rings is 1. The molecule has 1 aromatic carbocycles. The fourth-order valence-corrected chi connectivity index (χ4v) is 4.81. The van der Waals surface area contributed by atoms with Crippen LogP contribution in [0.3, 0.4) is 0 Å². The summed E-state index contributed by atoms with van der Waals surface area (Å²) in [5.74, 6) is 2.17. The Morgan fingerprint density at radius 3 is 2.53 bits per heavy atom. The Labute approximate surface area is 184 Å². The van der Waals surface area contributed by atoms with Gasteiger partial charge in [0.05, 0.1) is 41.0 Å². The van der Waals surface area contributed by atoms with Crippen LogP contribution in [0, 0.1) is 0 Å². The number of carbonyl (C=O) groups excluding carboxylic acids is 1. The summed E-state index contributed by atoms with van der Waals surface area (Å²) in [4.78, 5) is 15.4. The summed E-state index contributed by atoms with van der Waals surface area (Å²) < 4.78 is 8.58. The molecular formula is C23H23ClN3O2S+. The maximum atomic E-state index is 12.3. The number of hydrogen-bond donors (Lipinski definition) is 0. The van der Waals surface area contributed by atoms with E-state index in [1.165, 1.54) is 35.6 Å². The number of aryl methyl sites for hydroxylation is 1. The van der Waals surface area contributed by atoms with Gasteiger partial charge >= 0.3 is 0 Å². The van der Waals surface area contributed by atoms with Gasteiger partial charge in [-0.1, -0.05) is 28.9 Å². The summed E-state index contributed by atoms with van der Waals surface area (Å²) in [5.41, 5.74) is 3.09. The van der Waals surface area contributed by atoms with Gasteiger partial charge in [0.15, 0.2) is 5.78 Å². The molecule has 2 aromatic heterocycles. The van der Waals surface area contributed by atoms with Crippen LogP contribution in [0.1, 0.15) is 40.3 Å². The monoisotopic (exact) mass is 440 g/mol. The molecule has 0 unspecified atom stereocenters. The number of aromatic nitrogens is 1. The number of amidine groups is 1. The highest BCUT2D eigenvalue weighted by Crippen LogP contribution is 2.25. The summed E-state index contributed by atoms with van der Waals surface area (Å²) in [6, 6.07) is 14.0. The van der Waals surface area contributed by atoms with E-state index in [1.807, 2.05) is 6.07 Å². The van der Waals surface area contributed by atoms with Gasteiger partial charge in [0, 0.05) is 37.3 Å². The van der Waals surface area contributed by atoms with E-state index in [1.54, 1.807) is 12.1 Å². The molecule has 5 nitrogen and oxygen atoms in total. The van der Waals surface area contributed by atoms with E-state index >= 15 is 0 Å². The number of carbonyl (C=O) groups is 1. The molecule has 5 rings (SSSR count). The van der Waals surface area contributed by atoms with Crippen molar-refractivity contribution in [2.45, 2.75) is 25.7 Å². The summed E-state index contributed by atoms with van der Waals surface area (Å²) >= 11 is 7.22. The van der Waals surface area contributed by atoms with Crippen LogP contribution in [-0.2, 0) is 6.42 Å². The van der Waals surface area contributed by atoms with E-state index in [0.29, 0.717) is 22.1 Å². The number of ketones is 1. The third-order valence-electron chi connectivity index (χ3n) is 5.76. The van der Waals surface area contributed by atoms with Crippen molar-refractivity contribution in [3.63, 3.8) is 0 Å². The zero-order valence-corrected chi connectivity index (χ0v) is 18.2. The number of rotatable bonds is 6. The molecule has 3 aromatic rings. The minimum atomic E-state index is 0.0780. The van der Waals surface area contributed by atoms with Gasteiger partial charge in [0.25, 0.3) is 5.84 Å². The normalized spacial score (nSPS) is 15.6. The van der Waals surface area contributed by atoms with Gasteiger partial charge in [-0.15, -0.1) is 11.3 Å². The first-order valence-corrected chi connectivity index (χ1v) is 11.6. The maximum absolute atomic E-state index is 12.3. The van der Waals surface area contributed by atoms with E-state index in [4.69, 9.17) is 16.1 Å². The second-order valence-electron chi connectivity index (χ2n) is 7.79. The Kier molecular flexibility index (Phi) is 5.44. The quantitative estimate of drug-likeness (QED) is 0.315. The van der Waals surface area contributed by atoms with Gasteiger partial charge in [0.2, 0.25) is 0 Å². The summed E-state index contributed by atoms with van der Waals surface area (Å²) in [7, 11) is 0. The molecule has 0 saturated carbocycles. The lowest BCUT2D eigenvalue weighted by Gasteiger charge is -2.31. The molecule has 30 heavy (non-hydrogen) atoms. The molecule has 2 fully saturated rings. The molecule has 0 N–H and O–H groups in total. The average molecular weight is 441 g/mol. The molecule has 154 valence electrons.